The van der Waals surface area contributed by atoms with Crippen molar-refractivity contribution in [1.29, 1.82) is 0 Å². The summed E-state index contributed by atoms with van der Waals surface area (Å²) >= 11 is 11.7. The zero-order valence-electron chi connectivity index (χ0n) is 10.8. The fraction of sp³-hybridized carbons (Fsp3) is 0.0769. The van der Waals surface area contributed by atoms with Crippen LogP contribution in [-0.2, 0) is 10.0 Å². The van der Waals surface area contributed by atoms with Gasteiger partial charge in [0, 0.05) is 0 Å². The van der Waals surface area contributed by atoms with Gasteiger partial charge in [-0.2, -0.15) is 0 Å². The summed E-state index contributed by atoms with van der Waals surface area (Å²) in [6.45, 7) is 1.58. The molecule has 0 saturated heterocycles. The second-order valence-electron chi connectivity index (χ2n) is 4.37. The molecule has 0 radical (unpaired) electrons. The van der Waals surface area contributed by atoms with Gasteiger partial charge in [-0.3, -0.25) is 4.72 Å². The van der Waals surface area contributed by atoms with E-state index < -0.39 is 15.8 Å². The van der Waals surface area contributed by atoms with E-state index in [4.69, 9.17) is 28.9 Å². The summed E-state index contributed by atoms with van der Waals surface area (Å²) in [6.07, 6.45) is 0. The lowest BCUT2D eigenvalue weighted by Gasteiger charge is -2.13. The molecule has 0 amide bonds. The molecule has 0 heterocycles. The third-order valence-corrected chi connectivity index (χ3v) is 4.92. The molecule has 2 aromatic rings. The van der Waals surface area contributed by atoms with Crippen molar-refractivity contribution in [2.75, 3.05) is 10.5 Å². The highest BCUT2D eigenvalue weighted by Crippen LogP contribution is 2.29. The fourth-order valence-corrected chi connectivity index (χ4v) is 3.51. The third kappa shape index (κ3) is 3.40. The van der Waals surface area contributed by atoms with Gasteiger partial charge in [-0.25, -0.2) is 12.8 Å². The predicted molar refractivity (Wildman–Crippen MR) is 82.8 cm³/mol. The molecular weight excluding hydrogens is 338 g/mol. The number of hydrogen-bond donors (Lipinski definition) is 2. The number of rotatable bonds is 3. The molecule has 0 aliphatic heterocycles. The topological polar surface area (TPSA) is 72.2 Å². The number of nitrogens with one attached hydrogen (secondary N) is 1. The van der Waals surface area contributed by atoms with Gasteiger partial charge in [0.15, 0.2) is 0 Å². The molecule has 0 aliphatic rings. The van der Waals surface area contributed by atoms with E-state index in [0.29, 0.717) is 5.56 Å². The quantitative estimate of drug-likeness (QED) is 0.828. The summed E-state index contributed by atoms with van der Waals surface area (Å²) in [5.74, 6) is -0.607. The Labute approximate surface area is 131 Å². The van der Waals surface area contributed by atoms with E-state index in [1.807, 2.05) is 0 Å². The van der Waals surface area contributed by atoms with Crippen LogP contribution in [0.2, 0.25) is 10.0 Å². The monoisotopic (exact) mass is 348 g/mol. The number of aryl methyl sites for hydroxylation is 1. The van der Waals surface area contributed by atoms with Crippen LogP contribution in [0.1, 0.15) is 5.56 Å². The van der Waals surface area contributed by atoms with Gasteiger partial charge < -0.3 is 5.73 Å². The van der Waals surface area contributed by atoms with Crippen molar-refractivity contribution < 1.29 is 12.8 Å². The molecule has 0 bridgehead atoms. The van der Waals surface area contributed by atoms with Gasteiger partial charge in [0.2, 0.25) is 0 Å². The molecule has 8 heteroatoms. The minimum atomic E-state index is -3.96. The van der Waals surface area contributed by atoms with Crippen molar-refractivity contribution in [3.8, 4) is 0 Å². The number of hydrogen-bond acceptors (Lipinski definition) is 3. The highest BCUT2D eigenvalue weighted by molar-refractivity contribution is 7.92. The van der Waals surface area contributed by atoms with E-state index in [1.54, 1.807) is 6.92 Å². The summed E-state index contributed by atoms with van der Waals surface area (Å²) in [5.41, 5.74) is 6.12. The van der Waals surface area contributed by atoms with Crippen molar-refractivity contribution in [3.05, 3.63) is 51.8 Å². The molecule has 2 rings (SSSR count). The van der Waals surface area contributed by atoms with E-state index in [0.717, 1.165) is 12.1 Å². The standard InChI is InChI=1S/C13H11Cl2FN2O2S/c1-7-4-10(15)11(17)6-13(7)21(19,20)18-12-5-8(16)2-3-9(12)14/h2-6,18H,17H2,1H3. The fourth-order valence-electron chi connectivity index (χ4n) is 1.73. The van der Waals surface area contributed by atoms with Gasteiger partial charge in [0.25, 0.3) is 10.0 Å². The first-order chi connectivity index (χ1) is 9.70. The van der Waals surface area contributed by atoms with Gasteiger partial charge in [0.1, 0.15) is 5.82 Å². The van der Waals surface area contributed by atoms with Crippen LogP contribution in [-0.4, -0.2) is 8.42 Å². The van der Waals surface area contributed by atoms with Crippen LogP contribution in [0.25, 0.3) is 0 Å². The maximum Gasteiger partial charge on any atom is 0.262 e. The molecule has 0 aliphatic carbocycles. The summed E-state index contributed by atoms with van der Waals surface area (Å²) in [5, 5.41) is 0.342. The number of sulfonamides is 1. The lowest BCUT2D eigenvalue weighted by Crippen LogP contribution is -2.15. The Balaban J connectivity index is 2.48. The van der Waals surface area contributed by atoms with E-state index in [2.05, 4.69) is 4.72 Å². The lowest BCUT2D eigenvalue weighted by atomic mass is 10.2. The Kier molecular flexibility index (Phi) is 4.32. The van der Waals surface area contributed by atoms with Crippen molar-refractivity contribution in [2.45, 2.75) is 11.8 Å². The molecule has 0 atom stereocenters. The second-order valence-corrected chi connectivity index (χ2v) is 6.83. The normalized spacial score (nSPS) is 11.4. The highest BCUT2D eigenvalue weighted by Gasteiger charge is 2.20. The number of anilines is 2. The Morgan fingerprint density at radius 1 is 1.14 bits per heavy atom. The number of nitrogens with two attached hydrogens (primary N) is 1. The first-order valence-electron chi connectivity index (χ1n) is 5.74. The van der Waals surface area contributed by atoms with Crippen LogP contribution in [0.3, 0.4) is 0 Å². The van der Waals surface area contributed by atoms with Crippen LogP contribution >= 0.6 is 23.2 Å². The maximum absolute atomic E-state index is 13.2. The molecule has 21 heavy (non-hydrogen) atoms. The second kappa shape index (κ2) is 5.71. The van der Waals surface area contributed by atoms with Gasteiger partial charge in [-0.15, -0.1) is 0 Å². The number of halogens is 3. The summed E-state index contributed by atoms with van der Waals surface area (Å²) < 4.78 is 40.1. The van der Waals surface area contributed by atoms with E-state index >= 15 is 0 Å². The smallest absolute Gasteiger partial charge is 0.262 e. The lowest BCUT2D eigenvalue weighted by molar-refractivity contribution is 0.600. The van der Waals surface area contributed by atoms with Gasteiger partial charge >= 0.3 is 0 Å². The Morgan fingerprint density at radius 2 is 1.81 bits per heavy atom. The Bertz CT molecular complexity index is 810. The zero-order chi connectivity index (χ0) is 15.8. The molecule has 112 valence electrons. The minimum Gasteiger partial charge on any atom is -0.397 e. The van der Waals surface area contributed by atoms with Gasteiger partial charge in [0.05, 0.1) is 26.3 Å². The zero-order valence-corrected chi connectivity index (χ0v) is 13.2. The van der Waals surface area contributed by atoms with E-state index in [9.17, 15) is 12.8 Å². The van der Waals surface area contributed by atoms with Crippen molar-refractivity contribution >= 4 is 44.6 Å². The van der Waals surface area contributed by atoms with Crippen LogP contribution in [0.15, 0.2) is 35.2 Å². The molecule has 0 aromatic heterocycles. The summed E-state index contributed by atoms with van der Waals surface area (Å²) in [6, 6.07) is 6.07. The highest BCUT2D eigenvalue weighted by atomic mass is 35.5. The predicted octanol–water partition coefficient (Wildman–Crippen LogP) is 3.82. The maximum atomic E-state index is 13.2. The summed E-state index contributed by atoms with van der Waals surface area (Å²) in [7, 11) is -3.96. The van der Waals surface area contributed by atoms with Crippen molar-refractivity contribution in [3.63, 3.8) is 0 Å². The van der Waals surface area contributed by atoms with Crippen LogP contribution in [0.5, 0.6) is 0 Å². The van der Waals surface area contributed by atoms with Crippen LogP contribution in [0, 0.1) is 12.7 Å². The van der Waals surface area contributed by atoms with E-state index in [-0.39, 0.29) is 26.3 Å². The summed E-state index contributed by atoms with van der Waals surface area (Å²) in [4.78, 5) is -0.0512. The molecule has 3 N–H and O–H groups in total. The minimum absolute atomic E-state index is 0.0512. The number of benzene rings is 2. The first-order valence-corrected chi connectivity index (χ1v) is 7.98. The van der Waals surface area contributed by atoms with Gasteiger partial charge in [-0.05, 0) is 42.8 Å². The third-order valence-electron chi connectivity index (χ3n) is 2.76. The van der Waals surface area contributed by atoms with Crippen molar-refractivity contribution in [2.24, 2.45) is 0 Å². The van der Waals surface area contributed by atoms with Crippen molar-refractivity contribution in [1.82, 2.24) is 0 Å². The van der Waals surface area contributed by atoms with Gasteiger partial charge in [-0.1, -0.05) is 23.2 Å². The molecule has 0 unspecified atom stereocenters. The van der Waals surface area contributed by atoms with Crippen LogP contribution < -0.4 is 10.5 Å². The Hall–Kier alpha value is -1.50. The number of nitrogen functional groups attached to an aromatic ring is 1. The molecular formula is C13H11Cl2FN2O2S. The molecule has 0 saturated carbocycles. The van der Waals surface area contributed by atoms with Crippen LogP contribution in [0.4, 0.5) is 15.8 Å². The molecule has 0 spiro atoms. The molecule has 4 nitrogen and oxygen atoms in total. The Morgan fingerprint density at radius 3 is 2.48 bits per heavy atom. The SMILES string of the molecule is Cc1cc(Cl)c(N)cc1S(=O)(=O)Nc1cc(F)ccc1Cl. The largest absolute Gasteiger partial charge is 0.397 e. The average molecular weight is 349 g/mol. The first kappa shape index (κ1) is 15.9. The van der Waals surface area contributed by atoms with E-state index in [1.165, 1.54) is 18.2 Å². The average Bonchev–Trinajstić information content (AvgIpc) is 2.37. The molecule has 0 fully saturated rings. The molecule has 2 aromatic carbocycles.